The van der Waals surface area contributed by atoms with Crippen molar-refractivity contribution in [1.82, 2.24) is 14.9 Å². The molecule has 0 bridgehead atoms. The lowest BCUT2D eigenvalue weighted by Crippen LogP contribution is -2.47. The van der Waals surface area contributed by atoms with Crippen LogP contribution in [0, 0.1) is 5.92 Å². The zero-order valence-corrected chi connectivity index (χ0v) is 20.6. The summed E-state index contributed by atoms with van der Waals surface area (Å²) >= 11 is 0. The molecule has 1 aromatic heterocycles. The Hall–Kier alpha value is -2.91. The monoisotopic (exact) mass is 499 g/mol. The van der Waals surface area contributed by atoms with Gasteiger partial charge >= 0.3 is 0 Å². The molecule has 1 aromatic carbocycles. The molecule has 2 fully saturated rings. The van der Waals surface area contributed by atoms with Crippen LogP contribution in [0.1, 0.15) is 56.3 Å². The Labute approximate surface area is 206 Å². The van der Waals surface area contributed by atoms with Gasteiger partial charge in [-0.1, -0.05) is 31.4 Å². The number of likely N-dealkylation sites (tertiary alicyclic amines) is 1. The van der Waals surface area contributed by atoms with E-state index >= 15 is 0 Å². The molecule has 1 saturated carbocycles. The van der Waals surface area contributed by atoms with Gasteiger partial charge in [0.25, 0.3) is 0 Å². The maximum absolute atomic E-state index is 12.6. The summed E-state index contributed by atoms with van der Waals surface area (Å²) in [7, 11) is -3.66. The second-order valence-corrected chi connectivity index (χ2v) is 11.0. The third kappa shape index (κ3) is 7.05. The van der Waals surface area contributed by atoms with E-state index in [1.165, 1.54) is 30.9 Å². The molecule has 9 heteroatoms. The van der Waals surface area contributed by atoms with Crippen molar-refractivity contribution in [3.8, 4) is 0 Å². The number of carbonyl (C=O) groups is 2. The number of hydrogen-bond acceptors (Lipinski definition) is 5. The van der Waals surface area contributed by atoms with E-state index in [0.29, 0.717) is 18.8 Å². The van der Waals surface area contributed by atoms with Crippen molar-refractivity contribution in [2.45, 2.75) is 62.4 Å². The average molecular weight is 500 g/mol. The van der Waals surface area contributed by atoms with E-state index in [2.05, 4.69) is 10.0 Å². The van der Waals surface area contributed by atoms with Crippen molar-refractivity contribution in [1.29, 1.82) is 0 Å². The van der Waals surface area contributed by atoms with Crippen LogP contribution in [0.2, 0.25) is 0 Å². The maximum Gasteiger partial charge on any atom is 0.246 e. The fourth-order valence-electron chi connectivity index (χ4n) is 4.62. The number of nitrogens with zero attached hydrogens (tertiary/aromatic N) is 1. The molecule has 0 atom stereocenters. The van der Waals surface area contributed by atoms with Crippen molar-refractivity contribution < 1.29 is 22.4 Å². The first-order valence-electron chi connectivity index (χ1n) is 12.3. The largest absolute Gasteiger partial charge is 0.468 e. The molecule has 1 aliphatic carbocycles. The van der Waals surface area contributed by atoms with Gasteiger partial charge in [-0.3, -0.25) is 9.59 Å². The summed E-state index contributed by atoms with van der Waals surface area (Å²) in [5.41, 5.74) is 0.734. The highest BCUT2D eigenvalue weighted by molar-refractivity contribution is 7.89. The number of sulfonamides is 1. The maximum atomic E-state index is 12.6. The smallest absolute Gasteiger partial charge is 0.246 e. The van der Waals surface area contributed by atoms with Crippen LogP contribution in [0.5, 0.6) is 0 Å². The highest BCUT2D eigenvalue weighted by Crippen LogP contribution is 2.24. The summed E-state index contributed by atoms with van der Waals surface area (Å²) in [5.74, 6) is 0.775. The Bertz CT molecular complexity index is 1110. The van der Waals surface area contributed by atoms with Gasteiger partial charge in [-0.2, -0.15) is 0 Å². The van der Waals surface area contributed by atoms with Gasteiger partial charge in [0.15, 0.2) is 0 Å². The topological polar surface area (TPSA) is 109 Å². The van der Waals surface area contributed by atoms with Crippen LogP contribution < -0.4 is 10.0 Å². The summed E-state index contributed by atoms with van der Waals surface area (Å²) in [4.78, 5) is 27.0. The van der Waals surface area contributed by atoms with Crippen molar-refractivity contribution in [2.75, 3.05) is 13.1 Å². The zero-order chi connectivity index (χ0) is 24.7. The highest BCUT2D eigenvalue weighted by Gasteiger charge is 2.26. The fourth-order valence-corrected chi connectivity index (χ4v) is 5.62. The normalized spacial score (nSPS) is 18.1. The summed E-state index contributed by atoms with van der Waals surface area (Å²) in [5, 5.41) is 3.19. The summed E-state index contributed by atoms with van der Waals surface area (Å²) in [6.07, 6.45) is 11.7. The molecule has 1 saturated heterocycles. The number of furan rings is 1. The summed E-state index contributed by atoms with van der Waals surface area (Å²) in [6, 6.07) is 9.88. The second-order valence-electron chi connectivity index (χ2n) is 9.25. The molecule has 0 spiro atoms. The van der Waals surface area contributed by atoms with E-state index in [1.807, 2.05) is 0 Å². The van der Waals surface area contributed by atoms with Crippen molar-refractivity contribution in [2.24, 2.45) is 5.92 Å². The Morgan fingerprint density at radius 2 is 1.71 bits per heavy atom. The lowest BCUT2D eigenvalue weighted by molar-refractivity contribution is -0.128. The first-order chi connectivity index (χ1) is 16.9. The molecule has 2 aromatic rings. The molecule has 2 heterocycles. The van der Waals surface area contributed by atoms with Crippen LogP contribution in [-0.4, -0.2) is 44.3 Å². The Morgan fingerprint density at radius 1 is 1.00 bits per heavy atom. The van der Waals surface area contributed by atoms with Gasteiger partial charge in [0.1, 0.15) is 5.76 Å². The van der Waals surface area contributed by atoms with Crippen LogP contribution in [-0.2, 0) is 26.2 Å². The predicted octanol–water partition coefficient (Wildman–Crippen LogP) is 3.46. The van der Waals surface area contributed by atoms with Crippen LogP contribution in [0.25, 0.3) is 6.08 Å². The Kier molecular flexibility index (Phi) is 8.41. The standard InChI is InChI=1S/C26H33N3O5S/c30-25(29-16-14-22(15-17-29)28-26(31)21-5-2-1-3-6-21)13-10-20-8-11-24(12-9-20)35(32,33)27-19-23-7-4-18-34-23/h4,7-13,18,21-22,27H,1-3,5-6,14-17,19H2,(H,28,31)/b13-10+. The van der Waals surface area contributed by atoms with Crippen molar-refractivity contribution in [3.63, 3.8) is 0 Å². The van der Waals surface area contributed by atoms with E-state index in [0.717, 1.165) is 44.1 Å². The quantitative estimate of drug-likeness (QED) is 0.541. The number of benzene rings is 1. The van der Waals surface area contributed by atoms with Crippen molar-refractivity contribution in [3.05, 3.63) is 60.1 Å². The third-order valence-corrected chi connectivity index (χ3v) is 8.17. The van der Waals surface area contributed by atoms with Gasteiger partial charge in [-0.05, 0) is 61.6 Å². The fraction of sp³-hybridized carbons (Fsp3) is 0.462. The van der Waals surface area contributed by atoms with Crippen LogP contribution in [0.15, 0.2) is 58.1 Å². The lowest BCUT2D eigenvalue weighted by Gasteiger charge is -2.33. The first kappa shape index (κ1) is 25.2. The number of hydrogen-bond donors (Lipinski definition) is 2. The second kappa shape index (κ2) is 11.7. The van der Waals surface area contributed by atoms with E-state index in [9.17, 15) is 18.0 Å². The third-order valence-electron chi connectivity index (χ3n) is 6.75. The Balaban J connectivity index is 1.23. The minimum Gasteiger partial charge on any atom is -0.468 e. The Morgan fingerprint density at radius 3 is 2.37 bits per heavy atom. The molecule has 2 N–H and O–H groups in total. The van der Waals surface area contributed by atoms with Crippen LogP contribution in [0.3, 0.4) is 0 Å². The number of nitrogens with one attached hydrogen (secondary N) is 2. The van der Waals surface area contributed by atoms with Crippen molar-refractivity contribution >= 4 is 27.9 Å². The summed E-state index contributed by atoms with van der Waals surface area (Å²) in [6.45, 7) is 1.29. The highest BCUT2D eigenvalue weighted by atomic mass is 32.2. The molecule has 4 rings (SSSR count). The molecule has 0 radical (unpaired) electrons. The van der Waals surface area contributed by atoms with Crippen LogP contribution >= 0.6 is 0 Å². The average Bonchev–Trinajstić information content (AvgIpc) is 3.41. The van der Waals surface area contributed by atoms with Gasteiger partial charge in [0, 0.05) is 31.1 Å². The molecule has 8 nitrogen and oxygen atoms in total. The van der Waals surface area contributed by atoms with Gasteiger partial charge in [-0.25, -0.2) is 13.1 Å². The number of piperidine rings is 1. The first-order valence-corrected chi connectivity index (χ1v) is 13.8. The number of carbonyl (C=O) groups excluding carboxylic acids is 2. The molecular weight excluding hydrogens is 466 g/mol. The predicted molar refractivity (Wildman–Crippen MR) is 133 cm³/mol. The minimum absolute atomic E-state index is 0.0758. The van der Waals surface area contributed by atoms with Gasteiger partial charge < -0.3 is 14.6 Å². The van der Waals surface area contributed by atoms with Crippen LogP contribution in [0.4, 0.5) is 0 Å². The lowest BCUT2D eigenvalue weighted by atomic mass is 9.88. The molecule has 2 amide bonds. The van der Waals surface area contributed by atoms with E-state index in [-0.39, 0.29) is 35.2 Å². The molecule has 2 aliphatic rings. The van der Waals surface area contributed by atoms with Gasteiger partial charge in [0.2, 0.25) is 21.8 Å². The van der Waals surface area contributed by atoms with Gasteiger partial charge in [0.05, 0.1) is 17.7 Å². The SMILES string of the molecule is O=C(NC1CCN(C(=O)/C=C/c2ccc(S(=O)(=O)NCc3ccco3)cc2)CC1)C1CCCCC1. The van der Waals surface area contributed by atoms with Gasteiger partial charge in [-0.15, -0.1) is 0 Å². The molecule has 188 valence electrons. The molecule has 35 heavy (non-hydrogen) atoms. The zero-order valence-electron chi connectivity index (χ0n) is 19.8. The molecular formula is C26H33N3O5S. The van der Waals surface area contributed by atoms with E-state index in [4.69, 9.17) is 4.42 Å². The van der Waals surface area contributed by atoms with E-state index < -0.39 is 10.0 Å². The minimum atomic E-state index is -3.66. The molecule has 0 unspecified atom stereocenters. The number of amides is 2. The number of rotatable bonds is 8. The summed E-state index contributed by atoms with van der Waals surface area (Å²) < 4.78 is 32.5. The van der Waals surface area contributed by atoms with E-state index in [1.54, 1.807) is 35.2 Å². The molecule has 1 aliphatic heterocycles.